The third kappa shape index (κ3) is 2.30. The predicted octanol–water partition coefficient (Wildman–Crippen LogP) is 0.325. The lowest BCUT2D eigenvalue weighted by Crippen LogP contribution is -2.26. The number of aromatic amines is 1. The van der Waals surface area contributed by atoms with Crippen molar-refractivity contribution in [1.29, 1.82) is 10.5 Å². The van der Waals surface area contributed by atoms with Gasteiger partial charge in [-0.15, -0.1) is 0 Å². The van der Waals surface area contributed by atoms with Gasteiger partial charge in [-0.05, 0) is 6.42 Å². The van der Waals surface area contributed by atoms with Crippen molar-refractivity contribution in [2.45, 2.75) is 18.6 Å². The number of rotatable bonds is 4. The van der Waals surface area contributed by atoms with Gasteiger partial charge in [0.05, 0.1) is 12.3 Å². The minimum atomic E-state index is -3.81. The van der Waals surface area contributed by atoms with Crippen LogP contribution in [-0.4, -0.2) is 23.9 Å². The molecule has 0 amide bonds. The SMILES string of the molecule is CCC(C#N)S(=O)(=O)Nc1[nH]ncc1C#N. The maximum Gasteiger partial charge on any atom is 0.250 e. The first-order valence-corrected chi connectivity index (χ1v) is 5.94. The summed E-state index contributed by atoms with van der Waals surface area (Å²) in [6, 6.07) is 3.44. The van der Waals surface area contributed by atoms with Gasteiger partial charge in [-0.1, -0.05) is 6.92 Å². The summed E-state index contributed by atoms with van der Waals surface area (Å²) >= 11 is 0. The number of sulfonamides is 1. The minimum absolute atomic E-state index is 0.0174. The Bertz CT molecular complexity index is 548. The zero-order chi connectivity index (χ0) is 12.2. The Balaban J connectivity index is 2.99. The number of nitrogens with one attached hydrogen (secondary N) is 2. The fraction of sp³-hybridized carbons (Fsp3) is 0.375. The molecule has 8 heteroatoms. The van der Waals surface area contributed by atoms with Crippen LogP contribution in [0.2, 0.25) is 0 Å². The number of nitriles is 2. The molecule has 0 aliphatic heterocycles. The van der Waals surface area contributed by atoms with E-state index in [9.17, 15) is 8.42 Å². The summed E-state index contributed by atoms with van der Waals surface area (Å²) < 4.78 is 25.4. The number of hydrogen-bond donors (Lipinski definition) is 2. The summed E-state index contributed by atoms with van der Waals surface area (Å²) in [6.45, 7) is 1.59. The molecule has 1 heterocycles. The Morgan fingerprint density at radius 3 is 2.81 bits per heavy atom. The average Bonchev–Trinajstić information content (AvgIpc) is 2.65. The van der Waals surface area contributed by atoms with Crippen molar-refractivity contribution >= 4 is 15.8 Å². The predicted molar refractivity (Wildman–Crippen MR) is 55.5 cm³/mol. The Labute approximate surface area is 92.7 Å². The lowest BCUT2D eigenvalue weighted by Gasteiger charge is -2.09. The summed E-state index contributed by atoms with van der Waals surface area (Å²) in [5.41, 5.74) is 0.0800. The van der Waals surface area contributed by atoms with Crippen molar-refractivity contribution in [3.05, 3.63) is 11.8 Å². The third-order valence-electron chi connectivity index (χ3n) is 1.89. The summed E-state index contributed by atoms with van der Waals surface area (Å²) in [5.74, 6) is -0.0174. The first kappa shape index (κ1) is 12.0. The van der Waals surface area contributed by atoms with E-state index in [2.05, 4.69) is 14.9 Å². The molecule has 0 saturated heterocycles. The van der Waals surface area contributed by atoms with E-state index in [1.165, 1.54) is 6.20 Å². The molecule has 1 unspecified atom stereocenters. The lowest BCUT2D eigenvalue weighted by molar-refractivity contribution is 0.592. The molecule has 1 atom stereocenters. The summed E-state index contributed by atoms with van der Waals surface area (Å²) in [7, 11) is -3.81. The second kappa shape index (κ2) is 4.64. The van der Waals surface area contributed by atoms with Gasteiger partial charge in [0.25, 0.3) is 0 Å². The Morgan fingerprint density at radius 2 is 2.31 bits per heavy atom. The van der Waals surface area contributed by atoms with Gasteiger partial charge in [-0.3, -0.25) is 9.82 Å². The molecule has 0 bridgehead atoms. The van der Waals surface area contributed by atoms with Gasteiger partial charge in [-0.25, -0.2) is 8.42 Å². The number of nitrogens with zero attached hydrogens (tertiary/aromatic N) is 3. The smallest absolute Gasteiger partial charge is 0.250 e. The Morgan fingerprint density at radius 1 is 1.62 bits per heavy atom. The molecule has 1 aromatic rings. The number of aromatic nitrogens is 2. The Hall–Kier alpha value is -2.06. The average molecular weight is 239 g/mol. The van der Waals surface area contributed by atoms with E-state index < -0.39 is 15.3 Å². The normalized spacial score (nSPS) is 12.4. The van der Waals surface area contributed by atoms with E-state index >= 15 is 0 Å². The molecule has 0 aliphatic carbocycles. The van der Waals surface area contributed by atoms with Crippen LogP contribution < -0.4 is 4.72 Å². The van der Waals surface area contributed by atoms with E-state index in [1.807, 2.05) is 0 Å². The topological polar surface area (TPSA) is 122 Å². The standard InChI is InChI=1S/C8H9N5O2S/c1-2-7(4-10)16(14,15)13-8-6(3-9)5-11-12-8/h5,7H,2H2,1H3,(H2,11,12,13). The van der Waals surface area contributed by atoms with Gasteiger partial charge in [0.15, 0.2) is 11.1 Å². The molecule has 0 aliphatic rings. The molecule has 0 saturated carbocycles. The van der Waals surface area contributed by atoms with Crippen LogP contribution in [0.1, 0.15) is 18.9 Å². The zero-order valence-electron chi connectivity index (χ0n) is 8.43. The van der Waals surface area contributed by atoms with Gasteiger partial charge in [0, 0.05) is 0 Å². The number of hydrogen-bond acceptors (Lipinski definition) is 5. The van der Waals surface area contributed by atoms with Crippen LogP contribution in [0.4, 0.5) is 5.82 Å². The van der Waals surface area contributed by atoms with Gasteiger partial charge in [0.1, 0.15) is 11.6 Å². The highest BCUT2D eigenvalue weighted by atomic mass is 32.2. The fourth-order valence-electron chi connectivity index (χ4n) is 1.04. The molecule has 2 N–H and O–H groups in total. The first-order valence-electron chi connectivity index (χ1n) is 4.39. The quantitative estimate of drug-likeness (QED) is 0.783. The van der Waals surface area contributed by atoms with E-state index in [0.29, 0.717) is 0 Å². The lowest BCUT2D eigenvalue weighted by atomic mass is 10.4. The van der Waals surface area contributed by atoms with E-state index in [1.54, 1.807) is 19.1 Å². The van der Waals surface area contributed by atoms with Crippen LogP contribution in [0, 0.1) is 22.7 Å². The first-order chi connectivity index (χ1) is 7.55. The molecule has 1 rings (SSSR count). The van der Waals surface area contributed by atoms with Crippen LogP contribution in [0.3, 0.4) is 0 Å². The van der Waals surface area contributed by atoms with Gasteiger partial charge in [-0.2, -0.15) is 15.6 Å². The molecule has 7 nitrogen and oxygen atoms in total. The molecule has 84 valence electrons. The molecular formula is C8H9N5O2S. The maximum atomic E-state index is 11.6. The second-order valence-electron chi connectivity index (χ2n) is 2.94. The van der Waals surface area contributed by atoms with Crippen molar-refractivity contribution in [2.24, 2.45) is 0 Å². The van der Waals surface area contributed by atoms with Crippen LogP contribution in [0.25, 0.3) is 0 Å². The fourth-order valence-corrected chi connectivity index (χ4v) is 2.20. The summed E-state index contributed by atoms with van der Waals surface area (Å²) in [5, 5.41) is 22.0. The van der Waals surface area contributed by atoms with Gasteiger partial charge >= 0.3 is 0 Å². The molecule has 16 heavy (non-hydrogen) atoms. The van der Waals surface area contributed by atoms with Gasteiger partial charge < -0.3 is 0 Å². The second-order valence-corrected chi connectivity index (χ2v) is 4.81. The van der Waals surface area contributed by atoms with E-state index in [-0.39, 0.29) is 17.8 Å². The zero-order valence-corrected chi connectivity index (χ0v) is 9.24. The van der Waals surface area contributed by atoms with Crippen molar-refractivity contribution in [3.8, 4) is 12.1 Å². The van der Waals surface area contributed by atoms with Crippen LogP contribution in [0.5, 0.6) is 0 Å². The monoisotopic (exact) mass is 239 g/mol. The maximum absolute atomic E-state index is 11.6. The van der Waals surface area contributed by atoms with E-state index in [4.69, 9.17) is 10.5 Å². The van der Waals surface area contributed by atoms with Crippen LogP contribution >= 0.6 is 0 Å². The molecule has 1 aromatic heterocycles. The highest BCUT2D eigenvalue weighted by molar-refractivity contribution is 7.93. The van der Waals surface area contributed by atoms with Gasteiger partial charge in [0.2, 0.25) is 10.0 Å². The van der Waals surface area contributed by atoms with Crippen molar-refractivity contribution in [2.75, 3.05) is 4.72 Å². The molecule has 0 fully saturated rings. The van der Waals surface area contributed by atoms with Crippen molar-refractivity contribution in [1.82, 2.24) is 10.2 Å². The minimum Gasteiger partial charge on any atom is -0.266 e. The van der Waals surface area contributed by atoms with Crippen LogP contribution in [0.15, 0.2) is 6.20 Å². The molecular weight excluding hydrogens is 230 g/mol. The van der Waals surface area contributed by atoms with Crippen LogP contribution in [-0.2, 0) is 10.0 Å². The summed E-state index contributed by atoms with van der Waals surface area (Å²) in [6.07, 6.45) is 1.37. The van der Waals surface area contributed by atoms with Crippen molar-refractivity contribution in [3.63, 3.8) is 0 Å². The summed E-state index contributed by atoms with van der Waals surface area (Å²) in [4.78, 5) is 0. The third-order valence-corrected chi connectivity index (χ3v) is 3.57. The highest BCUT2D eigenvalue weighted by Crippen LogP contribution is 2.14. The molecule has 0 aromatic carbocycles. The number of anilines is 1. The Kier molecular flexibility index (Phi) is 3.48. The highest BCUT2D eigenvalue weighted by Gasteiger charge is 2.24. The number of H-pyrrole nitrogens is 1. The van der Waals surface area contributed by atoms with E-state index in [0.717, 1.165) is 0 Å². The molecule has 0 radical (unpaired) electrons. The van der Waals surface area contributed by atoms with Crippen molar-refractivity contribution < 1.29 is 8.42 Å². The largest absolute Gasteiger partial charge is 0.266 e. The molecule has 0 spiro atoms.